The molecule has 10 nitrogen and oxygen atoms in total. The molecule has 38 heavy (non-hydrogen) atoms. The minimum Gasteiger partial charge on any atom is -0.497 e. The second kappa shape index (κ2) is 12.8. The second-order valence-corrected chi connectivity index (χ2v) is 9.32. The maximum Gasteiger partial charge on any atom is 0.248 e. The number of rotatable bonds is 11. The monoisotopic (exact) mass is 527 g/mol. The van der Waals surface area contributed by atoms with Gasteiger partial charge < -0.3 is 33.5 Å². The summed E-state index contributed by atoms with van der Waals surface area (Å²) in [6, 6.07) is 11.5. The van der Waals surface area contributed by atoms with E-state index in [-0.39, 0.29) is 37.9 Å². The van der Waals surface area contributed by atoms with Gasteiger partial charge in [0.05, 0.1) is 26.9 Å². The Hall–Kier alpha value is -3.50. The lowest BCUT2D eigenvalue weighted by Gasteiger charge is -2.26. The van der Waals surface area contributed by atoms with Crippen LogP contribution in [-0.4, -0.2) is 93.0 Å². The van der Waals surface area contributed by atoms with Gasteiger partial charge >= 0.3 is 0 Å². The number of likely N-dealkylation sites (N-methyl/N-ethyl adjacent to an activating group) is 1. The second-order valence-electron chi connectivity index (χ2n) is 9.32. The van der Waals surface area contributed by atoms with E-state index < -0.39 is 0 Å². The fraction of sp³-hybridized carbons (Fsp3) is 0.500. The molecule has 2 aliphatic rings. The third kappa shape index (κ3) is 6.68. The highest BCUT2D eigenvalue weighted by Gasteiger charge is 2.30. The highest BCUT2D eigenvalue weighted by Crippen LogP contribution is 2.42. The Morgan fingerprint density at radius 3 is 2.45 bits per heavy atom. The summed E-state index contributed by atoms with van der Waals surface area (Å²) in [6.45, 7) is 7.30. The number of methoxy groups -OCH3 is 2. The molecule has 1 saturated heterocycles. The summed E-state index contributed by atoms with van der Waals surface area (Å²) in [5, 5.41) is 0. The molecule has 0 spiro atoms. The third-order valence-electron chi connectivity index (χ3n) is 6.81. The van der Waals surface area contributed by atoms with E-state index in [1.54, 1.807) is 24.0 Å². The van der Waals surface area contributed by atoms with Crippen molar-refractivity contribution in [1.29, 1.82) is 0 Å². The first-order valence-corrected chi connectivity index (χ1v) is 12.9. The van der Waals surface area contributed by atoms with Gasteiger partial charge in [-0.1, -0.05) is 12.1 Å². The molecule has 4 rings (SSSR count). The number of ether oxygens (including phenoxy) is 5. The van der Waals surface area contributed by atoms with Crippen LogP contribution >= 0.6 is 0 Å². The molecule has 2 aromatic carbocycles. The van der Waals surface area contributed by atoms with Crippen molar-refractivity contribution in [2.24, 2.45) is 0 Å². The van der Waals surface area contributed by atoms with Crippen LogP contribution in [0, 0.1) is 0 Å². The van der Waals surface area contributed by atoms with Crippen LogP contribution in [-0.2, 0) is 27.4 Å². The van der Waals surface area contributed by atoms with E-state index >= 15 is 0 Å². The predicted octanol–water partition coefficient (Wildman–Crippen LogP) is 2.53. The number of amides is 2. The average Bonchev–Trinajstić information content (AvgIpc) is 3.35. The molecule has 1 fully saturated rings. The molecular formula is C28H37N3O7. The lowest BCUT2D eigenvalue weighted by Crippen LogP contribution is -2.40. The van der Waals surface area contributed by atoms with E-state index in [4.69, 9.17) is 23.7 Å². The average molecular weight is 528 g/mol. The van der Waals surface area contributed by atoms with Crippen LogP contribution in [0.2, 0.25) is 0 Å². The zero-order valence-corrected chi connectivity index (χ0v) is 22.6. The molecule has 1 atom stereocenters. The minimum absolute atomic E-state index is 0.00491. The van der Waals surface area contributed by atoms with Crippen molar-refractivity contribution in [3.05, 3.63) is 47.5 Å². The van der Waals surface area contributed by atoms with Gasteiger partial charge in [-0.25, -0.2) is 0 Å². The van der Waals surface area contributed by atoms with Gasteiger partial charge in [-0.3, -0.25) is 14.5 Å². The Bertz CT molecular complexity index is 1100. The molecule has 0 bridgehead atoms. The molecule has 2 aliphatic heterocycles. The van der Waals surface area contributed by atoms with Crippen LogP contribution in [0.4, 0.5) is 0 Å². The Labute approximate surface area is 223 Å². The number of carbonyl (C=O) groups is 2. The summed E-state index contributed by atoms with van der Waals surface area (Å²) in [5.74, 6) is 2.51. The van der Waals surface area contributed by atoms with Crippen LogP contribution in [0.25, 0.3) is 0 Å². The zero-order chi connectivity index (χ0) is 27.1. The molecule has 0 unspecified atom stereocenters. The highest BCUT2D eigenvalue weighted by atomic mass is 16.7. The first-order chi connectivity index (χ1) is 18.4. The summed E-state index contributed by atoms with van der Waals surface area (Å²) in [4.78, 5) is 31.6. The lowest BCUT2D eigenvalue weighted by molar-refractivity contribution is -0.138. The fourth-order valence-electron chi connectivity index (χ4n) is 4.77. The minimum atomic E-state index is -0.338. The summed E-state index contributed by atoms with van der Waals surface area (Å²) in [6.07, 6.45) is -0.338. The number of hydrogen-bond donors (Lipinski definition) is 0. The van der Waals surface area contributed by atoms with E-state index in [9.17, 15) is 9.59 Å². The van der Waals surface area contributed by atoms with Crippen molar-refractivity contribution in [2.75, 3.05) is 60.3 Å². The molecule has 0 aromatic heterocycles. The molecule has 2 aromatic rings. The molecule has 0 N–H and O–H groups in total. The van der Waals surface area contributed by atoms with Gasteiger partial charge in [0.1, 0.15) is 12.4 Å². The SMILES string of the molecule is CCN(CC)C(=O)CO[C@@H]1CN(Cc2cc(OC)c3c(c2)OCO3)CC(=O)N(Cc2ccc(OC)cc2)C1. The molecular weight excluding hydrogens is 490 g/mol. The standard InChI is InChI=1S/C28H37N3O7/c1-5-30(6-2)27(33)18-36-23-15-29(13-21-11-24(35-4)28-25(12-21)37-19-38-28)17-26(32)31(16-23)14-20-7-9-22(34-3)10-8-20/h7-12,23H,5-6,13-19H2,1-4H3/t23-/m1/s1. The smallest absolute Gasteiger partial charge is 0.248 e. The van der Waals surface area contributed by atoms with E-state index in [0.29, 0.717) is 56.5 Å². The van der Waals surface area contributed by atoms with Crippen LogP contribution < -0.4 is 18.9 Å². The fourth-order valence-corrected chi connectivity index (χ4v) is 4.77. The quantitative estimate of drug-likeness (QED) is 0.441. The Kier molecular flexibility index (Phi) is 9.30. The predicted molar refractivity (Wildman–Crippen MR) is 140 cm³/mol. The van der Waals surface area contributed by atoms with Gasteiger partial charge in [-0.2, -0.15) is 0 Å². The molecule has 0 aliphatic carbocycles. The van der Waals surface area contributed by atoms with Gasteiger partial charge in [0.25, 0.3) is 0 Å². The normalized spacial score (nSPS) is 17.3. The number of benzene rings is 2. The van der Waals surface area contributed by atoms with Crippen LogP contribution in [0.1, 0.15) is 25.0 Å². The number of nitrogens with zero attached hydrogens (tertiary/aromatic N) is 3. The van der Waals surface area contributed by atoms with E-state index in [1.165, 1.54) is 0 Å². The molecule has 2 heterocycles. The first kappa shape index (κ1) is 27.5. The van der Waals surface area contributed by atoms with Crippen molar-refractivity contribution < 1.29 is 33.3 Å². The summed E-state index contributed by atoms with van der Waals surface area (Å²) >= 11 is 0. The van der Waals surface area contributed by atoms with Gasteiger partial charge in [0.15, 0.2) is 11.5 Å². The van der Waals surface area contributed by atoms with Gasteiger partial charge in [0, 0.05) is 39.3 Å². The van der Waals surface area contributed by atoms with E-state index in [0.717, 1.165) is 16.9 Å². The van der Waals surface area contributed by atoms with E-state index in [2.05, 4.69) is 0 Å². The molecule has 0 radical (unpaired) electrons. The van der Waals surface area contributed by atoms with Crippen molar-refractivity contribution in [2.45, 2.75) is 33.0 Å². The van der Waals surface area contributed by atoms with Gasteiger partial charge in [0.2, 0.25) is 24.4 Å². The van der Waals surface area contributed by atoms with Crippen molar-refractivity contribution >= 4 is 11.8 Å². The maximum absolute atomic E-state index is 13.4. The summed E-state index contributed by atoms with van der Waals surface area (Å²) < 4.78 is 28.0. The number of fused-ring (bicyclic) bond motifs is 1. The maximum atomic E-state index is 13.4. The van der Waals surface area contributed by atoms with Gasteiger partial charge in [-0.15, -0.1) is 0 Å². The molecule has 10 heteroatoms. The van der Waals surface area contributed by atoms with Crippen LogP contribution in [0.3, 0.4) is 0 Å². The summed E-state index contributed by atoms with van der Waals surface area (Å²) in [7, 11) is 3.21. The molecule has 2 amide bonds. The Balaban J connectivity index is 1.51. The highest BCUT2D eigenvalue weighted by molar-refractivity contribution is 5.79. The van der Waals surface area contributed by atoms with Crippen molar-refractivity contribution in [3.8, 4) is 23.0 Å². The first-order valence-electron chi connectivity index (χ1n) is 12.9. The summed E-state index contributed by atoms with van der Waals surface area (Å²) in [5.41, 5.74) is 1.92. The van der Waals surface area contributed by atoms with E-state index in [1.807, 2.05) is 55.1 Å². The van der Waals surface area contributed by atoms with Crippen LogP contribution in [0.5, 0.6) is 23.0 Å². The Morgan fingerprint density at radius 1 is 1.00 bits per heavy atom. The number of hydrogen-bond acceptors (Lipinski definition) is 8. The van der Waals surface area contributed by atoms with Crippen LogP contribution in [0.15, 0.2) is 36.4 Å². The zero-order valence-electron chi connectivity index (χ0n) is 22.6. The Morgan fingerprint density at radius 2 is 1.76 bits per heavy atom. The van der Waals surface area contributed by atoms with Crippen molar-refractivity contribution in [3.63, 3.8) is 0 Å². The van der Waals surface area contributed by atoms with Crippen molar-refractivity contribution in [1.82, 2.24) is 14.7 Å². The molecule has 206 valence electrons. The third-order valence-corrected chi connectivity index (χ3v) is 6.81. The molecule has 0 saturated carbocycles. The largest absolute Gasteiger partial charge is 0.497 e. The van der Waals surface area contributed by atoms with Gasteiger partial charge in [-0.05, 0) is 49.2 Å². The topological polar surface area (TPSA) is 90.0 Å². The number of carbonyl (C=O) groups excluding carboxylic acids is 2. The lowest BCUT2D eigenvalue weighted by atomic mass is 10.1.